The quantitative estimate of drug-likeness (QED) is 0.150. The highest BCUT2D eigenvalue weighted by atomic mass is 15.1. The zero-order chi connectivity index (χ0) is 38.8. The first kappa shape index (κ1) is 35.3. The first-order chi connectivity index (χ1) is 28.7. The lowest BCUT2D eigenvalue weighted by atomic mass is 9.69. The van der Waals surface area contributed by atoms with Crippen molar-refractivity contribution >= 4 is 38.6 Å². The van der Waals surface area contributed by atoms with Crippen LogP contribution in [0.5, 0.6) is 0 Å². The summed E-state index contributed by atoms with van der Waals surface area (Å²) < 4.78 is 0. The lowest BCUT2D eigenvalue weighted by Crippen LogP contribution is -2.26. The smallest absolute Gasteiger partial charge is 0.0731 e. The molecule has 1 atom stereocenters. The summed E-state index contributed by atoms with van der Waals surface area (Å²) in [4.78, 5) is 2.49. The van der Waals surface area contributed by atoms with Crippen LogP contribution < -0.4 is 4.90 Å². The summed E-state index contributed by atoms with van der Waals surface area (Å²) in [5.74, 6) is 1.28. The first-order valence-electron chi connectivity index (χ1n) is 22.0. The van der Waals surface area contributed by atoms with Gasteiger partial charge in [0.05, 0.1) is 5.41 Å². The van der Waals surface area contributed by atoms with Crippen LogP contribution in [0.25, 0.3) is 43.8 Å². The van der Waals surface area contributed by atoms with E-state index < -0.39 is 5.41 Å². The third-order valence-electron chi connectivity index (χ3n) is 14.1. The van der Waals surface area contributed by atoms with E-state index in [4.69, 9.17) is 0 Å². The van der Waals surface area contributed by atoms with Gasteiger partial charge >= 0.3 is 0 Å². The van der Waals surface area contributed by atoms with Crippen molar-refractivity contribution in [2.75, 3.05) is 4.90 Å². The Morgan fingerprint density at radius 3 is 1.81 bits per heavy atom. The fourth-order valence-electron chi connectivity index (χ4n) is 11.4. The fraction of sp³-hybridized carbons (Fsp3) is 0.228. The number of fused-ring (bicyclic) bond motifs is 13. The van der Waals surface area contributed by atoms with Crippen LogP contribution in [-0.4, -0.2) is 0 Å². The number of anilines is 3. The molecular formula is C57H51N. The molecule has 8 aromatic rings. The SMILES string of the molecule is CCCC(CC)c1ccc(N(c2ccc(C3CCCCC3)cc2)c2ccc3c4c(ccc3c2)-c2cc3ccccc3cc2C42c3ccccc3-c3ccccc32)cc1. The summed E-state index contributed by atoms with van der Waals surface area (Å²) in [6.07, 6.45) is 10.3. The molecule has 1 heteroatoms. The van der Waals surface area contributed by atoms with Crippen LogP contribution >= 0.6 is 0 Å². The van der Waals surface area contributed by atoms with Gasteiger partial charge in [-0.2, -0.15) is 0 Å². The van der Waals surface area contributed by atoms with Crippen LogP contribution in [0.1, 0.15) is 110 Å². The van der Waals surface area contributed by atoms with Gasteiger partial charge < -0.3 is 4.90 Å². The number of rotatable bonds is 8. The Labute approximate surface area is 344 Å². The Kier molecular flexibility index (Phi) is 8.61. The van der Waals surface area contributed by atoms with Crippen molar-refractivity contribution in [3.05, 3.63) is 197 Å². The Balaban J connectivity index is 1.11. The molecule has 0 aliphatic heterocycles. The van der Waals surface area contributed by atoms with Crippen LogP contribution in [0.4, 0.5) is 17.1 Å². The number of hydrogen-bond donors (Lipinski definition) is 0. The molecule has 0 N–H and O–H groups in total. The first-order valence-corrected chi connectivity index (χ1v) is 22.0. The van der Waals surface area contributed by atoms with Crippen LogP contribution in [0.3, 0.4) is 0 Å². The molecule has 58 heavy (non-hydrogen) atoms. The van der Waals surface area contributed by atoms with Gasteiger partial charge in [-0.05, 0) is 163 Å². The molecule has 11 rings (SSSR count). The number of hydrogen-bond acceptors (Lipinski definition) is 1. The van der Waals surface area contributed by atoms with Crippen molar-refractivity contribution in [1.29, 1.82) is 0 Å². The molecule has 1 saturated carbocycles. The summed E-state index contributed by atoms with van der Waals surface area (Å²) >= 11 is 0. The third-order valence-corrected chi connectivity index (χ3v) is 14.1. The maximum Gasteiger partial charge on any atom is 0.0731 e. The molecular weight excluding hydrogens is 699 g/mol. The van der Waals surface area contributed by atoms with E-state index in [-0.39, 0.29) is 0 Å². The van der Waals surface area contributed by atoms with E-state index in [1.807, 2.05) is 0 Å². The average molecular weight is 750 g/mol. The van der Waals surface area contributed by atoms with Gasteiger partial charge in [0.15, 0.2) is 0 Å². The Hall–Kier alpha value is -5.92. The van der Waals surface area contributed by atoms with Gasteiger partial charge in [0.2, 0.25) is 0 Å². The van der Waals surface area contributed by atoms with Gasteiger partial charge in [-0.25, -0.2) is 0 Å². The molecule has 0 amide bonds. The maximum absolute atomic E-state index is 2.50. The van der Waals surface area contributed by atoms with Crippen molar-refractivity contribution in [1.82, 2.24) is 0 Å². The molecule has 0 aromatic heterocycles. The molecule has 8 aromatic carbocycles. The van der Waals surface area contributed by atoms with E-state index in [9.17, 15) is 0 Å². The lowest BCUT2D eigenvalue weighted by Gasteiger charge is -2.32. The van der Waals surface area contributed by atoms with Gasteiger partial charge in [0.1, 0.15) is 0 Å². The highest BCUT2D eigenvalue weighted by Crippen LogP contribution is 2.64. The average Bonchev–Trinajstić information content (AvgIpc) is 3.75. The van der Waals surface area contributed by atoms with Crippen LogP contribution in [-0.2, 0) is 5.41 Å². The minimum atomic E-state index is -0.415. The minimum Gasteiger partial charge on any atom is -0.310 e. The van der Waals surface area contributed by atoms with E-state index in [1.165, 1.54) is 146 Å². The fourth-order valence-corrected chi connectivity index (χ4v) is 11.4. The zero-order valence-electron chi connectivity index (χ0n) is 33.8. The van der Waals surface area contributed by atoms with Gasteiger partial charge in [-0.3, -0.25) is 0 Å². The van der Waals surface area contributed by atoms with Gasteiger partial charge in [-0.1, -0.05) is 155 Å². The molecule has 0 saturated heterocycles. The monoisotopic (exact) mass is 749 g/mol. The van der Waals surface area contributed by atoms with Crippen molar-refractivity contribution < 1.29 is 0 Å². The molecule has 0 bridgehead atoms. The van der Waals surface area contributed by atoms with Gasteiger partial charge in [-0.15, -0.1) is 0 Å². The summed E-state index contributed by atoms with van der Waals surface area (Å²) in [7, 11) is 0. The van der Waals surface area contributed by atoms with Crippen LogP contribution in [0, 0.1) is 0 Å². The second-order valence-corrected chi connectivity index (χ2v) is 17.2. The minimum absolute atomic E-state index is 0.415. The molecule has 1 spiro atoms. The highest BCUT2D eigenvalue weighted by molar-refractivity contribution is 6.07. The van der Waals surface area contributed by atoms with E-state index in [0.717, 1.165) is 0 Å². The Morgan fingerprint density at radius 1 is 0.517 bits per heavy atom. The Morgan fingerprint density at radius 2 is 1.14 bits per heavy atom. The number of benzene rings is 8. The second kappa shape index (κ2) is 14.2. The molecule has 1 fully saturated rings. The largest absolute Gasteiger partial charge is 0.310 e. The van der Waals surface area contributed by atoms with Crippen LogP contribution in [0.15, 0.2) is 164 Å². The number of nitrogens with zero attached hydrogens (tertiary/aromatic N) is 1. The van der Waals surface area contributed by atoms with E-state index in [2.05, 4.69) is 183 Å². The summed E-state index contributed by atoms with van der Waals surface area (Å²) in [5.41, 5.74) is 17.1. The molecule has 0 heterocycles. The van der Waals surface area contributed by atoms with Crippen molar-refractivity contribution in [2.24, 2.45) is 0 Å². The summed E-state index contributed by atoms with van der Waals surface area (Å²) in [5, 5.41) is 5.17. The topological polar surface area (TPSA) is 3.24 Å². The highest BCUT2D eigenvalue weighted by Gasteiger charge is 2.52. The van der Waals surface area contributed by atoms with E-state index >= 15 is 0 Å². The van der Waals surface area contributed by atoms with Gasteiger partial charge in [0.25, 0.3) is 0 Å². The molecule has 3 aliphatic carbocycles. The summed E-state index contributed by atoms with van der Waals surface area (Å²) in [6.45, 7) is 4.63. The Bertz CT molecular complexity index is 2730. The predicted molar refractivity (Wildman–Crippen MR) is 246 cm³/mol. The van der Waals surface area contributed by atoms with Crippen LogP contribution in [0.2, 0.25) is 0 Å². The predicted octanol–water partition coefficient (Wildman–Crippen LogP) is 16.1. The summed E-state index contributed by atoms with van der Waals surface area (Å²) in [6, 6.07) is 63.3. The normalized spacial score (nSPS) is 15.6. The van der Waals surface area contributed by atoms with Crippen molar-refractivity contribution in [2.45, 2.75) is 82.5 Å². The lowest BCUT2D eigenvalue weighted by molar-refractivity contribution is 0.443. The molecule has 1 unspecified atom stereocenters. The molecule has 284 valence electrons. The van der Waals surface area contributed by atoms with Crippen molar-refractivity contribution in [3.63, 3.8) is 0 Å². The van der Waals surface area contributed by atoms with Gasteiger partial charge in [0, 0.05) is 17.1 Å². The third kappa shape index (κ3) is 5.36. The zero-order valence-corrected chi connectivity index (χ0v) is 33.8. The molecule has 1 nitrogen and oxygen atoms in total. The maximum atomic E-state index is 2.50. The van der Waals surface area contributed by atoms with E-state index in [1.54, 1.807) is 0 Å². The molecule has 0 radical (unpaired) electrons. The van der Waals surface area contributed by atoms with Crippen molar-refractivity contribution in [3.8, 4) is 22.3 Å². The van der Waals surface area contributed by atoms with E-state index in [0.29, 0.717) is 11.8 Å². The second-order valence-electron chi connectivity index (χ2n) is 17.2. The standard InChI is InChI=1S/C57H51N/c1-3-14-38(4-2)40-23-28-45(29-24-40)58(46-30-25-41(26-31-46)39-15-6-5-7-16-39)47-32-34-48-44(35-47)27-33-51-52-36-42-17-8-9-18-43(42)37-55(52)57(56(48)51)53-21-12-10-19-49(53)50-20-11-13-22-54(50)57/h8-13,17-39H,3-7,14-16H2,1-2H3. The molecule has 3 aliphatic rings.